The maximum Gasteiger partial charge on any atom is 0.186 e. The fourth-order valence-electron chi connectivity index (χ4n) is 12.3. The van der Waals surface area contributed by atoms with Gasteiger partial charge in [-0.05, 0) is 68.1 Å². The van der Waals surface area contributed by atoms with Gasteiger partial charge >= 0.3 is 0 Å². The molecule has 290 valence electrons. The van der Waals surface area contributed by atoms with Gasteiger partial charge in [0, 0.05) is 30.1 Å². The van der Waals surface area contributed by atoms with E-state index in [1.807, 2.05) is 0 Å². The van der Waals surface area contributed by atoms with Crippen molar-refractivity contribution in [2.45, 2.75) is 164 Å². The van der Waals surface area contributed by atoms with E-state index in [4.69, 9.17) is 28.4 Å². The molecular weight excluding hydrogens is 664 g/mol. The lowest BCUT2D eigenvalue weighted by Gasteiger charge is -2.62. The second-order valence-electron chi connectivity index (χ2n) is 18.0. The first-order valence-electron chi connectivity index (χ1n) is 19.5. The monoisotopic (exact) mass is 724 g/mol. The molecule has 20 atom stereocenters. The molecule has 13 heteroatoms. The minimum atomic E-state index is -1.61. The number of ether oxygens (including phenoxy) is 6. The topological polar surface area (TPSA) is 197 Å². The van der Waals surface area contributed by atoms with Crippen LogP contribution in [0.2, 0.25) is 0 Å². The van der Waals surface area contributed by atoms with Gasteiger partial charge in [-0.2, -0.15) is 0 Å². The first-order chi connectivity index (χ1) is 24.2. The molecule has 0 amide bonds. The minimum Gasteiger partial charge on any atom is -0.394 e. The number of hydrogen-bond acceptors (Lipinski definition) is 13. The van der Waals surface area contributed by atoms with Crippen molar-refractivity contribution in [2.24, 2.45) is 40.4 Å². The summed E-state index contributed by atoms with van der Waals surface area (Å²) < 4.78 is 36.6. The van der Waals surface area contributed by atoms with Crippen LogP contribution in [0.3, 0.4) is 0 Å². The van der Waals surface area contributed by atoms with E-state index in [0.717, 1.165) is 45.1 Å². The van der Waals surface area contributed by atoms with Crippen molar-refractivity contribution in [3.63, 3.8) is 0 Å². The van der Waals surface area contributed by atoms with E-state index in [1.165, 1.54) is 5.57 Å². The Bertz CT molecular complexity index is 1320. The maximum absolute atomic E-state index is 12.8. The number of aliphatic hydroxyl groups is 7. The molecule has 4 saturated heterocycles. The van der Waals surface area contributed by atoms with Crippen molar-refractivity contribution in [3.8, 4) is 0 Å². The van der Waals surface area contributed by atoms with Crippen LogP contribution in [0.4, 0.5) is 0 Å². The second kappa shape index (κ2) is 13.2. The molecule has 3 saturated carbocycles. The molecule has 8 aliphatic rings. The summed E-state index contributed by atoms with van der Waals surface area (Å²) in [5, 5.41) is 75.2. The number of rotatable bonds is 5. The Kier molecular flexibility index (Phi) is 9.60. The summed E-state index contributed by atoms with van der Waals surface area (Å²) in [5.41, 5.74) is 0.115. The van der Waals surface area contributed by atoms with Gasteiger partial charge in [-0.3, -0.25) is 0 Å². The molecule has 7 fully saturated rings. The van der Waals surface area contributed by atoms with Gasteiger partial charge in [0.25, 0.3) is 0 Å². The zero-order valence-corrected chi connectivity index (χ0v) is 30.4. The van der Waals surface area contributed by atoms with Crippen LogP contribution in [0, 0.1) is 40.4 Å². The maximum atomic E-state index is 12.8. The first-order valence-corrected chi connectivity index (χ1v) is 19.5. The van der Waals surface area contributed by atoms with Crippen LogP contribution >= 0.6 is 0 Å². The summed E-state index contributed by atoms with van der Waals surface area (Å²) in [7, 11) is 0. The largest absolute Gasteiger partial charge is 0.394 e. The van der Waals surface area contributed by atoms with Gasteiger partial charge in [0.15, 0.2) is 18.4 Å². The Hall–Kier alpha value is -0.780. The third-order valence-electron chi connectivity index (χ3n) is 15.4. The van der Waals surface area contributed by atoms with E-state index in [0.29, 0.717) is 31.1 Å². The Balaban J connectivity index is 0.933. The second-order valence-corrected chi connectivity index (χ2v) is 18.0. The van der Waals surface area contributed by atoms with Gasteiger partial charge in [-0.1, -0.05) is 39.3 Å². The smallest absolute Gasteiger partial charge is 0.186 e. The van der Waals surface area contributed by atoms with E-state index < -0.39 is 73.3 Å². The van der Waals surface area contributed by atoms with Crippen molar-refractivity contribution in [3.05, 3.63) is 11.6 Å². The van der Waals surface area contributed by atoms with E-state index in [2.05, 4.69) is 33.8 Å². The fourth-order valence-corrected chi connectivity index (χ4v) is 12.3. The van der Waals surface area contributed by atoms with E-state index in [1.54, 1.807) is 0 Å². The van der Waals surface area contributed by atoms with Crippen LogP contribution in [0.15, 0.2) is 11.6 Å². The van der Waals surface area contributed by atoms with E-state index in [-0.39, 0.29) is 47.4 Å². The predicted octanol–water partition coefficient (Wildman–Crippen LogP) is 1.12. The summed E-state index contributed by atoms with van der Waals surface area (Å²) >= 11 is 0. The van der Waals surface area contributed by atoms with Gasteiger partial charge in [-0.15, -0.1) is 0 Å². The lowest BCUT2D eigenvalue weighted by atomic mass is 9.45. The molecule has 0 aromatic rings. The molecule has 0 radical (unpaired) electrons. The van der Waals surface area contributed by atoms with Gasteiger partial charge in [0.05, 0.1) is 37.6 Å². The highest BCUT2D eigenvalue weighted by Gasteiger charge is 2.74. The van der Waals surface area contributed by atoms with Gasteiger partial charge in [-0.25, -0.2) is 0 Å². The fraction of sp³-hybridized carbons (Fsp3) is 0.947. The Morgan fingerprint density at radius 1 is 0.863 bits per heavy atom. The normalized spacial score (nSPS) is 58.4. The van der Waals surface area contributed by atoms with Crippen LogP contribution in [-0.2, 0) is 28.4 Å². The molecule has 4 heterocycles. The van der Waals surface area contributed by atoms with Gasteiger partial charge in [0.1, 0.15) is 42.7 Å². The average Bonchev–Trinajstić information content (AvgIpc) is 3.50. The van der Waals surface area contributed by atoms with Crippen LogP contribution < -0.4 is 0 Å². The SMILES string of the molecule is C[C@@H]1CC[C@@]2(OC1)O[C@H]1C[C@@]3(O)[C@@H]4CC=C5C[C@@H](O[C@@H]6O[C@H](CO)[C@@H](O[C@@H]7OC[C@@H](O)[C@H](O)[C@H]7O)[C@H](O)[C@H]6O)CC[C@]5(C)[C@H]4CC[C@]3(C)[C@H]1[C@@H]2C. The molecule has 0 unspecified atom stereocenters. The quantitative estimate of drug-likeness (QED) is 0.200. The zero-order chi connectivity index (χ0) is 36.2. The van der Waals surface area contributed by atoms with Crippen molar-refractivity contribution < 1.29 is 64.2 Å². The van der Waals surface area contributed by atoms with Crippen molar-refractivity contribution >= 4 is 0 Å². The summed E-state index contributed by atoms with van der Waals surface area (Å²) in [6.45, 7) is 9.05. The Morgan fingerprint density at radius 3 is 2.35 bits per heavy atom. The lowest BCUT2D eigenvalue weighted by molar-refractivity contribution is -0.353. The molecule has 0 aromatic carbocycles. The summed E-state index contributed by atoms with van der Waals surface area (Å²) in [4.78, 5) is 0. The third-order valence-corrected chi connectivity index (χ3v) is 15.4. The molecule has 4 aliphatic heterocycles. The van der Waals surface area contributed by atoms with Crippen molar-refractivity contribution in [2.75, 3.05) is 19.8 Å². The molecule has 51 heavy (non-hydrogen) atoms. The first kappa shape index (κ1) is 37.2. The number of allylic oxidation sites excluding steroid dienone is 1. The Labute approximate surface area is 300 Å². The van der Waals surface area contributed by atoms with Crippen LogP contribution in [0.1, 0.15) is 85.5 Å². The van der Waals surface area contributed by atoms with Crippen molar-refractivity contribution in [1.82, 2.24) is 0 Å². The highest BCUT2D eigenvalue weighted by molar-refractivity contribution is 5.29. The minimum absolute atomic E-state index is 0.00533. The highest BCUT2D eigenvalue weighted by Crippen LogP contribution is 2.72. The number of aliphatic hydroxyl groups excluding tert-OH is 6. The van der Waals surface area contributed by atoms with Crippen LogP contribution in [-0.4, -0.2) is 134 Å². The van der Waals surface area contributed by atoms with Crippen LogP contribution in [0.5, 0.6) is 0 Å². The molecule has 7 N–H and O–H groups in total. The lowest BCUT2D eigenvalue weighted by Crippen LogP contribution is -2.63. The summed E-state index contributed by atoms with van der Waals surface area (Å²) in [6, 6.07) is 0. The highest BCUT2D eigenvalue weighted by atomic mass is 16.7. The van der Waals surface area contributed by atoms with E-state index >= 15 is 0 Å². The number of hydrogen-bond donors (Lipinski definition) is 7. The summed E-state index contributed by atoms with van der Waals surface area (Å²) in [6.07, 6.45) is -2.92. The molecular formula is C38H60O13. The molecule has 8 rings (SSSR count). The standard InChI is InChI=1S/C38H60O13/c1-18-7-12-38(47-16-18)19(2)27-25(51-38)14-37(45)23-6-5-20-13-21(8-10-35(20,3)22(23)9-11-36(27,37)4)48-34-31(44)29(42)32(26(15-39)49-34)50-33-30(43)28(41)24(40)17-46-33/h5,18-19,21-34,39-45H,6-17H2,1-4H3/t18-,19+,21+,22+,23-,24-,25+,26-,27+,28+,29-,30-,31-,32-,33+,34-,35+,36-,37-,38-/m1/s1. The average molecular weight is 725 g/mol. The van der Waals surface area contributed by atoms with Gasteiger partial charge < -0.3 is 64.2 Å². The predicted molar refractivity (Wildman–Crippen MR) is 178 cm³/mol. The molecule has 4 aliphatic carbocycles. The van der Waals surface area contributed by atoms with Crippen LogP contribution in [0.25, 0.3) is 0 Å². The molecule has 1 spiro atoms. The van der Waals surface area contributed by atoms with Gasteiger partial charge in [0.2, 0.25) is 0 Å². The number of fused-ring (bicyclic) bond motifs is 7. The molecule has 13 nitrogen and oxygen atoms in total. The van der Waals surface area contributed by atoms with E-state index in [9.17, 15) is 35.7 Å². The Morgan fingerprint density at radius 2 is 1.63 bits per heavy atom. The molecule has 0 bridgehead atoms. The molecule has 0 aromatic heterocycles. The third kappa shape index (κ3) is 5.58. The summed E-state index contributed by atoms with van der Waals surface area (Å²) in [5.74, 6) is 0.943. The van der Waals surface area contributed by atoms with Crippen molar-refractivity contribution in [1.29, 1.82) is 0 Å². The zero-order valence-electron chi connectivity index (χ0n) is 30.4.